The zero-order valence-corrected chi connectivity index (χ0v) is 13.2. The first-order valence-electron chi connectivity index (χ1n) is 6.66. The Balaban J connectivity index is 2.07. The van der Waals surface area contributed by atoms with Crippen LogP contribution < -0.4 is 9.64 Å². The van der Waals surface area contributed by atoms with Crippen molar-refractivity contribution < 1.29 is 4.74 Å². The summed E-state index contributed by atoms with van der Waals surface area (Å²) in [7, 11) is 1.64. The van der Waals surface area contributed by atoms with Gasteiger partial charge in [0, 0.05) is 43.3 Å². The molecule has 0 unspecified atom stereocenters. The van der Waals surface area contributed by atoms with Gasteiger partial charge in [0.2, 0.25) is 11.8 Å². The molecule has 1 saturated heterocycles. The molecule has 0 amide bonds. The Morgan fingerprint density at radius 1 is 1.26 bits per heavy atom. The summed E-state index contributed by atoms with van der Waals surface area (Å²) in [6.07, 6.45) is 1.15. The maximum absolute atomic E-state index is 5.22. The largest absolute Gasteiger partial charge is 0.481 e. The van der Waals surface area contributed by atoms with Crippen LogP contribution in [0.4, 0.5) is 5.95 Å². The van der Waals surface area contributed by atoms with Crippen molar-refractivity contribution >= 4 is 21.9 Å². The van der Waals surface area contributed by atoms with Crippen LogP contribution in [0.25, 0.3) is 0 Å². The van der Waals surface area contributed by atoms with E-state index in [0.29, 0.717) is 5.88 Å². The van der Waals surface area contributed by atoms with Crippen molar-refractivity contribution in [2.45, 2.75) is 13.3 Å². The topological polar surface area (TPSA) is 41.5 Å². The molecule has 1 aromatic rings. The minimum Gasteiger partial charge on any atom is -0.481 e. The molecule has 0 bridgehead atoms. The van der Waals surface area contributed by atoms with E-state index in [4.69, 9.17) is 4.74 Å². The molecular weight excluding hydrogens is 308 g/mol. The van der Waals surface area contributed by atoms with Crippen LogP contribution in [0.15, 0.2) is 6.07 Å². The molecule has 5 nitrogen and oxygen atoms in total. The van der Waals surface area contributed by atoms with Crippen LogP contribution in [0.2, 0.25) is 0 Å². The summed E-state index contributed by atoms with van der Waals surface area (Å²) in [5.74, 6) is 1.43. The molecule has 6 heteroatoms. The molecule has 19 heavy (non-hydrogen) atoms. The highest BCUT2D eigenvalue weighted by atomic mass is 79.9. The molecule has 106 valence electrons. The van der Waals surface area contributed by atoms with E-state index >= 15 is 0 Å². The van der Waals surface area contributed by atoms with E-state index in [9.17, 15) is 0 Å². The summed E-state index contributed by atoms with van der Waals surface area (Å²) in [6, 6.07) is 1.86. The molecule has 0 saturated carbocycles. The highest BCUT2D eigenvalue weighted by molar-refractivity contribution is 9.09. The average Bonchev–Trinajstić information content (AvgIpc) is 2.64. The number of alkyl halides is 1. The van der Waals surface area contributed by atoms with Crippen LogP contribution in [-0.2, 0) is 0 Å². The fourth-order valence-electron chi connectivity index (χ4n) is 2.28. The lowest BCUT2D eigenvalue weighted by molar-refractivity contribution is 0.313. The lowest BCUT2D eigenvalue weighted by Gasteiger charge is -2.21. The molecule has 0 N–H and O–H groups in total. The van der Waals surface area contributed by atoms with Crippen LogP contribution in [0.1, 0.15) is 12.1 Å². The van der Waals surface area contributed by atoms with Crippen molar-refractivity contribution in [3.05, 3.63) is 11.8 Å². The van der Waals surface area contributed by atoms with Crippen LogP contribution in [0.5, 0.6) is 5.88 Å². The predicted molar refractivity (Wildman–Crippen MR) is 80.4 cm³/mol. The number of nitrogens with zero attached hydrogens (tertiary/aromatic N) is 4. The third kappa shape index (κ3) is 4.04. The Bertz CT molecular complexity index is 416. The molecule has 0 spiro atoms. The van der Waals surface area contributed by atoms with Crippen molar-refractivity contribution in [1.82, 2.24) is 14.9 Å². The second-order valence-electron chi connectivity index (χ2n) is 4.72. The highest BCUT2D eigenvalue weighted by Gasteiger charge is 2.17. The average molecular weight is 329 g/mol. The molecular formula is C13H21BrN4O. The van der Waals surface area contributed by atoms with Crippen molar-refractivity contribution in [2.75, 3.05) is 50.1 Å². The Hall–Kier alpha value is -0.880. The van der Waals surface area contributed by atoms with E-state index in [1.165, 1.54) is 0 Å². The van der Waals surface area contributed by atoms with E-state index in [-0.39, 0.29) is 0 Å². The van der Waals surface area contributed by atoms with Gasteiger partial charge in [-0.05, 0) is 19.9 Å². The normalized spacial score (nSPS) is 17.3. The fourth-order valence-corrected chi connectivity index (χ4v) is 2.79. The van der Waals surface area contributed by atoms with E-state index in [2.05, 4.69) is 35.7 Å². The van der Waals surface area contributed by atoms with E-state index in [0.717, 1.165) is 56.1 Å². The van der Waals surface area contributed by atoms with E-state index < -0.39 is 0 Å². The summed E-state index contributed by atoms with van der Waals surface area (Å²) in [6.45, 7) is 7.26. The van der Waals surface area contributed by atoms with Gasteiger partial charge in [-0.1, -0.05) is 15.9 Å². The zero-order valence-electron chi connectivity index (χ0n) is 11.6. The van der Waals surface area contributed by atoms with Crippen LogP contribution >= 0.6 is 15.9 Å². The maximum Gasteiger partial charge on any atom is 0.228 e. The molecule has 2 heterocycles. The molecule has 0 atom stereocenters. The minimum absolute atomic E-state index is 0.643. The van der Waals surface area contributed by atoms with Crippen LogP contribution in [0, 0.1) is 6.92 Å². The van der Waals surface area contributed by atoms with E-state index in [1.807, 2.05) is 13.0 Å². The van der Waals surface area contributed by atoms with Crippen molar-refractivity contribution in [1.29, 1.82) is 0 Å². The van der Waals surface area contributed by atoms with Crippen molar-refractivity contribution in [2.24, 2.45) is 0 Å². The van der Waals surface area contributed by atoms with Crippen molar-refractivity contribution in [3.8, 4) is 5.88 Å². The van der Waals surface area contributed by atoms with Gasteiger partial charge in [0.15, 0.2) is 0 Å². The number of rotatable bonds is 4. The van der Waals surface area contributed by atoms with Gasteiger partial charge in [0.25, 0.3) is 0 Å². The standard InChI is InChI=1S/C13H21BrN4O/c1-11-10-12(19-2)16-13(15-11)18-6-3-5-17(7-4-14)8-9-18/h10H,3-9H2,1-2H3. The van der Waals surface area contributed by atoms with E-state index in [1.54, 1.807) is 7.11 Å². The van der Waals surface area contributed by atoms with Gasteiger partial charge in [0.05, 0.1) is 7.11 Å². The number of hydrogen-bond acceptors (Lipinski definition) is 5. The van der Waals surface area contributed by atoms with Crippen LogP contribution in [-0.4, -0.2) is 60.0 Å². The van der Waals surface area contributed by atoms with Crippen molar-refractivity contribution in [3.63, 3.8) is 0 Å². The number of anilines is 1. The molecule has 0 aromatic carbocycles. The van der Waals surface area contributed by atoms with Crippen LogP contribution in [0.3, 0.4) is 0 Å². The fraction of sp³-hybridized carbons (Fsp3) is 0.692. The number of hydrogen-bond donors (Lipinski definition) is 0. The summed E-state index contributed by atoms with van der Waals surface area (Å²) < 4.78 is 5.22. The van der Waals surface area contributed by atoms with Gasteiger partial charge >= 0.3 is 0 Å². The third-order valence-electron chi connectivity index (χ3n) is 3.30. The highest BCUT2D eigenvalue weighted by Crippen LogP contribution is 2.16. The Morgan fingerprint density at radius 2 is 2.11 bits per heavy atom. The summed E-state index contributed by atoms with van der Waals surface area (Å²) in [4.78, 5) is 13.7. The monoisotopic (exact) mass is 328 g/mol. The maximum atomic E-state index is 5.22. The second-order valence-corrected chi connectivity index (χ2v) is 5.52. The number of aryl methyl sites for hydroxylation is 1. The minimum atomic E-state index is 0.643. The molecule has 2 rings (SSSR count). The molecule has 0 aliphatic carbocycles. The molecule has 1 aromatic heterocycles. The van der Waals surface area contributed by atoms with Gasteiger partial charge in [-0.2, -0.15) is 4.98 Å². The first-order valence-corrected chi connectivity index (χ1v) is 7.78. The Kier molecular flexibility index (Phi) is 5.39. The van der Waals surface area contributed by atoms with Gasteiger partial charge in [0.1, 0.15) is 0 Å². The SMILES string of the molecule is COc1cc(C)nc(N2CCCN(CCBr)CC2)n1. The second kappa shape index (κ2) is 7.05. The third-order valence-corrected chi connectivity index (χ3v) is 3.65. The van der Waals surface area contributed by atoms with Gasteiger partial charge in [-0.3, -0.25) is 0 Å². The number of halogens is 1. The number of methoxy groups -OCH3 is 1. The smallest absolute Gasteiger partial charge is 0.228 e. The summed E-state index contributed by atoms with van der Waals surface area (Å²) >= 11 is 3.50. The summed E-state index contributed by atoms with van der Waals surface area (Å²) in [5, 5.41) is 1.03. The van der Waals surface area contributed by atoms with Gasteiger partial charge < -0.3 is 14.5 Å². The van der Waals surface area contributed by atoms with Gasteiger partial charge in [-0.15, -0.1) is 0 Å². The zero-order chi connectivity index (χ0) is 13.7. The summed E-state index contributed by atoms with van der Waals surface area (Å²) in [5.41, 5.74) is 0.948. The molecule has 1 fully saturated rings. The first kappa shape index (κ1) is 14.5. The Labute approximate surface area is 123 Å². The Morgan fingerprint density at radius 3 is 2.84 bits per heavy atom. The van der Waals surface area contributed by atoms with Gasteiger partial charge in [-0.25, -0.2) is 4.98 Å². The first-order chi connectivity index (χ1) is 9.22. The number of ether oxygens (including phenoxy) is 1. The molecule has 1 aliphatic rings. The lowest BCUT2D eigenvalue weighted by atomic mass is 10.4. The number of aromatic nitrogens is 2. The molecule has 1 aliphatic heterocycles. The molecule has 0 radical (unpaired) electrons. The lowest BCUT2D eigenvalue weighted by Crippen LogP contribution is -2.32. The quantitative estimate of drug-likeness (QED) is 0.787. The predicted octanol–water partition coefficient (Wildman–Crippen LogP) is 1.70.